The lowest BCUT2D eigenvalue weighted by Crippen LogP contribution is -2.36. The van der Waals surface area contributed by atoms with Gasteiger partial charge in [-0.05, 0) is 66.1 Å². The molecule has 0 bridgehead atoms. The Bertz CT molecular complexity index is 1300. The summed E-state index contributed by atoms with van der Waals surface area (Å²) in [6.07, 6.45) is 3.72. The lowest BCUT2D eigenvalue weighted by atomic mass is 9.85. The number of hydrogen-bond acceptors (Lipinski definition) is 5. The number of amides is 1. The molecular formula is C28H32N2O4S. The Morgan fingerprint density at radius 2 is 1.74 bits per heavy atom. The number of fused-ring (bicyclic) bond motifs is 1. The van der Waals surface area contributed by atoms with E-state index in [0.717, 1.165) is 41.8 Å². The van der Waals surface area contributed by atoms with Gasteiger partial charge in [-0.2, -0.15) is 0 Å². The van der Waals surface area contributed by atoms with Crippen LogP contribution in [0.3, 0.4) is 0 Å². The molecule has 1 amide bonds. The van der Waals surface area contributed by atoms with Crippen molar-refractivity contribution < 1.29 is 17.9 Å². The molecule has 4 rings (SSSR count). The number of rotatable bonds is 7. The summed E-state index contributed by atoms with van der Waals surface area (Å²) in [6, 6.07) is 18.7. The van der Waals surface area contributed by atoms with Crippen molar-refractivity contribution in [3.05, 3.63) is 83.0 Å². The molecule has 6 nitrogen and oxygen atoms in total. The van der Waals surface area contributed by atoms with Gasteiger partial charge in [-0.25, -0.2) is 13.4 Å². The summed E-state index contributed by atoms with van der Waals surface area (Å²) in [4.78, 5) is 20.8. The van der Waals surface area contributed by atoms with Gasteiger partial charge in [0.15, 0.2) is 9.84 Å². The molecule has 7 heteroatoms. The molecule has 1 atom stereocenters. The number of carbonyl (C=O) groups is 1. The maximum atomic E-state index is 14.1. The van der Waals surface area contributed by atoms with E-state index in [1.54, 1.807) is 36.3 Å². The van der Waals surface area contributed by atoms with Crippen LogP contribution in [0.4, 0.5) is 5.69 Å². The Morgan fingerprint density at radius 3 is 2.34 bits per heavy atom. The highest BCUT2D eigenvalue weighted by molar-refractivity contribution is 7.90. The summed E-state index contributed by atoms with van der Waals surface area (Å²) < 4.78 is 29.1. The maximum absolute atomic E-state index is 14.1. The van der Waals surface area contributed by atoms with Crippen molar-refractivity contribution in [3.63, 3.8) is 0 Å². The van der Waals surface area contributed by atoms with Gasteiger partial charge >= 0.3 is 0 Å². The molecule has 0 spiro atoms. The fourth-order valence-electron chi connectivity index (χ4n) is 4.53. The summed E-state index contributed by atoms with van der Waals surface area (Å²) in [5.74, 6) is 0.511. The number of benzene rings is 2. The zero-order chi connectivity index (χ0) is 25.2. The lowest BCUT2D eigenvalue weighted by molar-refractivity contribution is -0.120. The Labute approximate surface area is 207 Å². The first-order chi connectivity index (χ1) is 16.7. The van der Waals surface area contributed by atoms with E-state index >= 15 is 0 Å². The molecule has 2 aromatic carbocycles. The molecule has 184 valence electrons. The first kappa shape index (κ1) is 24.9. The number of pyridine rings is 1. The van der Waals surface area contributed by atoms with Crippen molar-refractivity contribution in [2.45, 2.75) is 56.4 Å². The van der Waals surface area contributed by atoms with Crippen LogP contribution in [0.5, 0.6) is 5.88 Å². The van der Waals surface area contributed by atoms with Crippen LogP contribution < -0.4 is 9.64 Å². The fraction of sp³-hybridized carbons (Fsp3) is 0.357. The predicted molar refractivity (Wildman–Crippen MR) is 138 cm³/mol. The third-order valence-electron chi connectivity index (χ3n) is 6.59. The highest BCUT2D eigenvalue weighted by atomic mass is 32.2. The third kappa shape index (κ3) is 5.56. The lowest BCUT2D eigenvalue weighted by Gasteiger charge is -2.31. The second-order valence-corrected chi connectivity index (χ2v) is 11.4. The minimum Gasteiger partial charge on any atom is -0.481 e. The summed E-state index contributed by atoms with van der Waals surface area (Å²) in [5, 5.41) is 0. The number of sulfone groups is 1. The van der Waals surface area contributed by atoms with Crippen LogP contribution in [-0.4, -0.2) is 32.7 Å². The van der Waals surface area contributed by atoms with E-state index in [0.29, 0.717) is 18.3 Å². The molecule has 1 aliphatic rings. The number of hydrogen-bond donors (Lipinski definition) is 0. The van der Waals surface area contributed by atoms with Crippen molar-refractivity contribution in [3.8, 4) is 5.88 Å². The van der Waals surface area contributed by atoms with Crippen LogP contribution in [0.2, 0.25) is 0 Å². The molecule has 0 N–H and O–H groups in total. The summed E-state index contributed by atoms with van der Waals surface area (Å²) in [5.41, 5.74) is 4.74. The van der Waals surface area contributed by atoms with E-state index in [1.165, 1.54) is 11.8 Å². The Morgan fingerprint density at radius 1 is 1.06 bits per heavy atom. The molecule has 0 saturated carbocycles. The van der Waals surface area contributed by atoms with Crippen LogP contribution in [0.1, 0.15) is 60.9 Å². The fourth-order valence-corrected chi connectivity index (χ4v) is 5.16. The Balaban J connectivity index is 1.71. The molecule has 0 saturated heterocycles. The monoisotopic (exact) mass is 492 g/mol. The molecule has 35 heavy (non-hydrogen) atoms. The largest absolute Gasteiger partial charge is 0.481 e. The Hall–Kier alpha value is -3.19. The first-order valence-electron chi connectivity index (χ1n) is 11.9. The van der Waals surface area contributed by atoms with Gasteiger partial charge < -0.3 is 9.64 Å². The molecule has 3 aromatic rings. The molecule has 0 radical (unpaired) electrons. The van der Waals surface area contributed by atoms with Gasteiger partial charge in [0.1, 0.15) is 0 Å². The number of methoxy groups -OCH3 is 1. The number of aromatic nitrogens is 1. The van der Waals surface area contributed by atoms with Gasteiger partial charge in [0, 0.05) is 18.0 Å². The van der Waals surface area contributed by atoms with Gasteiger partial charge in [0.2, 0.25) is 11.8 Å². The second kappa shape index (κ2) is 10.2. The average molecular weight is 493 g/mol. The minimum absolute atomic E-state index is 0.0174. The predicted octanol–water partition coefficient (Wildman–Crippen LogP) is 5.27. The molecule has 1 aromatic heterocycles. The minimum atomic E-state index is -3.29. The van der Waals surface area contributed by atoms with Crippen LogP contribution in [0.25, 0.3) is 0 Å². The number of nitrogens with zero attached hydrogens (tertiary/aromatic N) is 2. The van der Waals surface area contributed by atoms with Crippen molar-refractivity contribution in [1.82, 2.24) is 4.98 Å². The highest BCUT2D eigenvalue weighted by Crippen LogP contribution is 2.35. The van der Waals surface area contributed by atoms with Crippen LogP contribution in [0, 0.1) is 0 Å². The molecule has 1 aliphatic carbocycles. The highest BCUT2D eigenvalue weighted by Gasteiger charge is 2.32. The van der Waals surface area contributed by atoms with E-state index in [-0.39, 0.29) is 16.7 Å². The van der Waals surface area contributed by atoms with Crippen molar-refractivity contribution in [2.24, 2.45) is 0 Å². The maximum Gasteiger partial charge on any atom is 0.236 e. The zero-order valence-corrected chi connectivity index (χ0v) is 21.5. The van der Waals surface area contributed by atoms with E-state index in [2.05, 4.69) is 31.0 Å². The van der Waals surface area contributed by atoms with Gasteiger partial charge in [-0.15, -0.1) is 0 Å². The van der Waals surface area contributed by atoms with Crippen molar-refractivity contribution in [2.75, 3.05) is 18.3 Å². The first-order valence-corrected chi connectivity index (χ1v) is 13.8. The number of ether oxygens (including phenoxy) is 1. The number of aryl methyl sites for hydroxylation is 1. The van der Waals surface area contributed by atoms with Gasteiger partial charge in [0.05, 0.1) is 30.2 Å². The molecule has 1 unspecified atom stereocenters. The van der Waals surface area contributed by atoms with Crippen LogP contribution in [-0.2, 0) is 27.6 Å². The third-order valence-corrected chi connectivity index (χ3v) is 7.72. The molecule has 1 heterocycles. The second-order valence-electron chi connectivity index (χ2n) is 9.43. The van der Waals surface area contributed by atoms with E-state index in [4.69, 9.17) is 4.74 Å². The standard InChI is InChI=1S/C28H32N2O4S/c1-19(2)21-10-13-23(14-11-21)30(18-20-8-15-24(16-9-20)35(4,32)33)28(31)25-7-5-6-22-12-17-26(34-3)29-27(22)25/h8-17,19,25H,5-7,18H2,1-4H3. The topological polar surface area (TPSA) is 76.6 Å². The summed E-state index contributed by atoms with van der Waals surface area (Å²) in [6.45, 7) is 4.61. The SMILES string of the molecule is COc1ccc2c(n1)C(C(=O)N(Cc1ccc(S(C)(=O)=O)cc1)c1ccc(C(C)C)cc1)CCC2. The van der Waals surface area contributed by atoms with Gasteiger partial charge in [0.25, 0.3) is 0 Å². The van der Waals surface area contributed by atoms with Crippen LogP contribution in [0.15, 0.2) is 65.6 Å². The summed E-state index contributed by atoms with van der Waals surface area (Å²) >= 11 is 0. The Kier molecular flexibility index (Phi) is 7.26. The van der Waals surface area contributed by atoms with Gasteiger partial charge in [-0.1, -0.05) is 44.2 Å². The summed E-state index contributed by atoms with van der Waals surface area (Å²) in [7, 11) is -1.71. The molecule has 0 fully saturated rings. The zero-order valence-electron chi connectivity index (χ0n) is 20.7. The quantitative estimate of drug-likeness (QED) is 0.449. The number of carbonyl (C=O) groups excluding carboxylic acids is 1. The van der Waals surface area contributed by atoms with Gasteiger partial charge in [-0.3, -0.25) is 4.79 Å². The smallest absolute Gasteiger partial charge is 0.236 e. The van der Waals surface area contributed by atoms with Crippen molar-refractivity contribution in [1.29, 1.82) is 0 Å². The average Bonchev–Trinajstić information content (AvgIpc) is 2.86. The number of anilines is 1. The van der Waals surface area contributed by atoms with Crippen LogP contribution >= 0.6 is 0 Å². The van der Waals surface area contributed by atoms with E-state index < -0.39 is 9.84 Å². The van der Waals surface area contributed by atoms with E-state index in [1.807, 2.05) is 24.3 Å². The molecule has 0 aliphatic heterocycles. The normalized spacial score (nSPS) is 15.5. The van der Waals surface area contributed by atoms with Crippen molar-refractivity contribution >= 4 is 21.4 Å². The van der Waals surface area contributed by atoms with E-state index in [9.17, 15) is 13.2 Å². The molecular weight excluding hydrogens is 460 g/mol.